The van der Waals surface area contributed by atoms with Crippen molar-refractivity contribution in [2.75, 3.05) is 11.5 Å². The summed E-state index contributed by atoms with van der Waals surface area (Å²) in [5, 5.41) is 0. The Morgan fingerprint density at radius 1 is 1.25 bits per heavy atom. The highest BCUT2D eigenvalue weighted by Gasteiger charge is 2.49. The van der Waals surface area contributed by atoms with E-state index in [1.807, 2.05) is 13.0 Å². The van der Waals surface area contributed by atoms with Crippen LogP contribution >= 0.6 is 0 Å². The molecule has 1 aliphatic carbocycles. The molecule has 0 saturated carbocycles. The Labute approximate surface area is 139 Å². The van der Waals surface area contributed by atoms with Crippen molar-refractivity contribution in [2.24, 2.45) is 0 Å². The number of nitrogens with zero attached hydrogens (tertiary/aromatic N) is 3. The van der Waals surface area contributed by atoms with Gasteiger partial charge in [-0.15, -0.1) is 9.47 Å². The summed E-state index contributed by atoms with van der Waals surface area (Å²) >= 11 is 0. The van der Waals surface area contributed by atoms with Crippen LogP contribution in [-0.2, 0) is 12.8 Å². The third-order valence-electron chi connectivity index (χ3n) is 4.46. The average molecular weight is 324 g/mol. The Hall–Kier alpha value is -2.76. The minimum absolute atomic E-state index is 0.329. The molecular formula is C18H18N3O3+. The molecule has 0 N–H and O–H groups in total. The molecule has 2 aliphatic rings. The van der Waals surface area contributed by atoms with Gasteiger partial charge in [-0.1, -0.05) is 6.07 Å². The Balaban J connectivity index is 1.79. The molecule has 122 valence electrons. The molecule has 2 aromatic rings. The maximum atomic E-state index is 12.9. The fraction of sp³-hybridized carbons (Fsp3) is 0.333. The molecule has 2 heterocycles. The molecule has 4 rings (SSSR count). The quantitative estimate of drug-likeness (QED) is 0.813. The first-order chi connectivity index (χ1) is 11.7. The number of rotatable bonds is 3. The highest BCUT2D eigenvalue weighted by molar-refractivity contribution is 6.20. The van der Waals surface area contributed by atoms with E-state index < -0.39 is 0 Å². The molecule has 24 heavy (non-hydrogen) atoms. The standard InChI is InChI=1S/C18H18N3O3/c1-2-24-13-7-5-6-12(10-13)20-17(22)16-11-19-14-8-3-4-9-15(14)21(16)18(20)23/h5-7,10-11H,2-4,8-9H2,1H3/q+1. The molecule has 0 radical (unpaired) electrons. The lowest BCUT2D eigenvalue weighted by atomic mass is 10.00. The van der Waals surface area contributed by atoms with Crippen LogP contribution in [0.2, 0.25) is 0 Å². The van der Waals surface area contributed by atoms with E-state index in [1.54, 1.807) is 18.2 Å². The fourth-order valence-corrected chi connectivity index (χ4v) is 3.37. The molecule has 2 amide bonds. The van der Waals surface area contributed by atoms with Crippen molar-refractivity contribution in [1.82, 2.24) is 4.98 Å². The lowest BCUT2D eigenvalue weighted by Crippen LogP contribution is -2.50. The zero-order valence-corrected chi connectivity index (χ0v) is 13.5. The second kappa shape index (κ2) is 5.70. The van der Waals surface area contributed by atoms with Crippen molar-refractivity contribution in [1.29, 1.82) is 0 Å². The molecule has 6 heteroatoms. The van der Waals surface area contributed by atoms with Gasteiger partial charge in [0.15, 0.2) is 0 Å². The van der Waals surface area contributed by atoms with E-state index in [4.69, 9.17) is 4.74 Å². The number of amides is 2. The lowest BCUT2D eigenvalue weighted by Gasteiger charge is -2.13. The number of benzene rings is 1. The van der Waals surface area contributed by atoms with E-state index in [0.717, 1.165) is 37.1 Å². The number of aryl methyl sites for hydroxylation is 1. The van der Waals surface area contributed by atoms with Crippen LogP contribution in [0.4, 0.5) is 10.5 Å². The van der Waals surface area contributed by atoms with Gasteiger partial charge in [-0.2, -0.15) is 4.79 Å². The number of hydrogen-bond donors (Lipinski definition) is 0. The first-order valence-corrected chi connectivity index (χ1v) is 8.25. The second-order valence-corrected chi connectivity index (χ2v) is 5.93. The highest BCUT2D eigenvalue weighted by Crippen LogP contribution is 2.26. The van der Waals surface area contributed by atoms with E-state index >= 15 is 0 Å². The first kappa shape index (κ1) is 14.8. The van der Waals surface area contributed by atoms with Gasteiger partial charge < -0.3 is 4.74 Å². The lowest BCUT2D eigenvalue weighted by molar-refractivity contribution is -0.576. The van der Waals surface area contributed by atoms with E-state index in [2.05, 4.69) is 4.98 Å². The molecule has 0 spiro atoms. The van der Waals surface area contributed by atoms with Crippen LogP contribution in [0.15, 0.2) is 30.5 Å². The molecule has 0 atom stereocenters. The number of ether oxygens (including phenoxy) is 1. The number of fused-ring (bicyclic) bond motifs is 3. The highest BCUT2D eigenvalue weighted by atomic mass is 16.5. The smallest absolute Gasteiger partial charge is 0.494 e. The summed E-state index contributed by atoms with van der Waals surface area (Å²) in [7, 11) is 0. The third kappa shape index (κ3) is 2.18. The molecule has 1 aromatic carbocycles. The summed E-state index contributed by atoms with van der Waals surface area (Å²) in [5.41, 5.74) is 2.66. The van der Waals surface area contributed by atoms with Crippen LogP contribution in [0.25, 0.3) is 0 Å². The van der Waals surface area contributed by atoms with Crippen molar-refractivity contribution in [2.45, 2.75) is 32.6 Å². The fourth-order valence-electron chi connectivity index (χ4n) is 3.37. The SMILES string of the molecule is CCOc1cccc(N2C(=O)c3cnc4c([n+]3C2=O)CCCC4)c1. The molecule has 0 bridgehead atoms. The topological polar surface area (TPSA) is 63.4 Å². The summed E-state index contributed by atoms with van der Waals surface area (Å²) in [6.07, 6.45) is 5.25. The van der Waals surface area contributed by atoms with Gasteiger partial charge in [-0.25, -0.2) is 4.79 Å². The summed E-state index contributed by atoms with van der Waals surface area (Å²) in [6, 6.07) is 6.71. The third-order valence-corrected chi connectivity index (χ3v) is 4.46. The van der Waals surface area contributed by atoms with Gasteiger partial charge in [0.25, 0.3) is 0 Å². The Morgan fingerprint density at radius 3 is 2.92 bits per heavy atom. The zero-order chi connectivity index (χ0) is 16.7. The number of anilines is 1. The Morgan fingerprint density at radius 2 is 2.08 bits per heavy atom. The largest absolute Gasteiger partial charge is 0.512 e. The molecule has 0 saturated heterocycles. The number of carbonyl (C=O) groups is 2. The Bertz CT molecular complexity index is 847. The number of imide groups is 1. The van der Waals surface area contributed by atoms with E-state index in [-0.39, 0.29) is 11.9 Å². The van der Waals surface area contributed by atoms with Crippen LogP contribution in [0.1, 0.15) is 41.6 Å². The molecule has 0 fully saturated rings. The second-order valence-electron chi connectivity index (χ2n) is 5.93. The van der Waals surface area contributed by atoms with Crippen LogP contribution in [0, 0.1) is 0 Å². The van der Waals surface area contributed by atoms with Gasteiger partial charge >= 0.3 is 11.9 Å². The van der Waals surface area contributed by atoms with Gasteiger partial charge in [-0.3, -0.25) is 4.98 Å². The first-order valence-electron chi connectivity index (χ1n) is 8.25. The number of hydrogen-bond acceptors (Lipinski definition) is 4. The Kier molecular flexibility index (Phi) is 3.52. The molecule has 1 aromatic heterocycles. The number of aromatic nitrogens is 2. The summed E-state index contributed by atoms with van der Waals surface area (Å²) < 4.78 is 7.01. The summed E-state index contributed by atoms with van der Waals surface area (Å²) in [4.78, 5) is 31.3. The van der Waals surface area contributed by atoms with Crippen molar-refractivity contribution in [3.8, 4) is 5.75 Å². The van der Waals surface area contributed by atoms with Gasteiger partial charge in [0.2, 0.25) is 5.69 Å². The van der Waals surface area contributed by atoms with E-state index in [0.29, 0.717) is 23.7 Å². The van der Waals surface area contributed by atoms with E-state index in [1.165, 1.54) is 15.7 Å². The monoisotopic (exact) mass is 324 g/mol. The van der Waals surface area contributed by atoms with Crippen molar-refractivity contribution in [3.05, 3.63) is 47.5 Å². The number of carbonyl (C=O) groups excluding carboxylic acids is 2. The van der Waals surface area contributed by atoms with Crippen LogP contribution in [0.3, 0.4) is 0 Å². The van der Waals surface area contributed by atoms with E-state index in [9.17, 15) is 9.59 Å². The maximum absolute atomic E-state index is 12.9. The minimum atomic E-state index is -0.338. The molecule has 1 aliphatic heterocycles. The van der Waals surface area contributed by atoms with Crippen LogP contribution in [-0.4, -0.2) is 23.5 Å². The predicted octanol–water partition coefficient (Wildman–Crippen LogP) is 2.28. The van der Waals surface area contributed by atoms with Gasteiger partial charge in [0.05, 0.1) is 18.5 Å². The van der Waals surface area contributed by atoms with Crippen LogP contribution < -0.4 is 14.2 Å². The maximum Gasteiger partial charge on any atom is 0.512 e. The average Bonchev–Trinajstić information content (AvgIpc) is 2.86. The van der Waals surface area contributed by atoms with Crippen molar-refractivity contribution >= 4 is 17.6 Å². The zero-order valence-electron chi connectivity index (χ0n) is 13.5. The van der Waals surface area contributed by atoms with Gasteiger partial charge in [-0.05, 0) is 38.3 Å². The predicted molar refractivity (Wildman–Crippen MR) is 86.3 cm³/mol. The summed E-state index contributed by atoms with van der Waals surface area (Å²) in [5.74, 6) is 0.297. The molecule has 6 nitrogen and oxygen atoms in total. The van der Waals surface area contributed by atoms with Crippen molar-refractivity contribution < 1.29 is 18.9 Å². The van der Waals surface area contributed by atoms with Crippen LogP contribution in [0.5, 0.6) is 5.75 Å². The van der Waals surface area contributed by atoms with Gasteiger partial charge in [0.1, 0.15) is 17.1 Å². The molecular weight excluding hydrogens is 306 g/mol. The molecule has 0 unspecified atom stereocenters. The van der Waals surface area contributed by atoms with Gasteiger partial charge in [0, 0.05) is 12.5 Å². The van der Waals surface area contributed by atoms with Crippen molar-refractivity contribution in [3.63, 3.8) is 0 Å². The minimum Gasteiger partial charge on any atom is -0.494 e. The normalized spacial score (nSPS) is 16.1. The summed E-state index contributed by atoms with van der Waals surface area (Å²) in [6.45, 7) is 2.42.